The van der Waals surface area contributed by atoms with Crippen molar-refractivity contribution in [1.29, 1.82) is 0 Å². The summed E-state index contributed by atoms with van der Waals surface area (Å²) in [4.78, 5) is 21.3. The van der Waals surface area contributed by atoms with E-state index in [2.05, 4.69) is 10.2 Å². The van der Waals surface area contributed by atoms with E-state index < -0.39 is 4.92 Å². The normalized spacial score (nSPS) is 10.3. The number of non-ortho nitro benzene ring substituents is 1. The van der Waals surface area contributed by atoms with Crippen LogP contribution in [-0.4, -0.2) is 19.7 Å². The number of aryl methyl sites for hydroxylation is 1. The van der Waals surface area contributed by atoms with Gasteiger partial charge < -0.3 is 0 Å². The topological polar surface area (TPSA) is 93.8 Å². The summed E-state index contributed by atoms with van der Waals surface area (Å²) in [5.41, 5.74) is 0.158. The molecule has 1 N–H and O–H groups in total. The first-order chi connectivity index (χ1) is 7.59. The summed E-state index contributed by atoms with van der Waals surface area (Å²) < 4.78 is 1.34. The van der Waals surface area contributed by atoms with Gasteiger partial charge >= 0.3 is 5.69 Å². The molecule has 1 aromatic carbocycles. The maximum Gasteiger partial charge on any atom is 0.347 e. The van der Waals surface area contributed by atoms with E-state index >= 15 is 0 Å². The first-order valence-electron chi connectivity index (χ1n) is 4.48. The molecule has 0 spiro atoms. The number of H-pyrrole nitrogens is 1. The minimum Gasteiger partial charge on any atom is -0.258 e. The van der Waals surface area contributed by atoms with Gasteiger partial charge in [-0.2, -0.15) is 5.10 Å². The zero-order valence-electron chi connectivity index (χ0n) is 8.38. The number of benzene rings is 1. The fourth-order valence-electron chi connectivity index (χ4n) is 1.40. The van der Waals surface area contributed by atoms with Gasteiger partial charge in [-0.1, -0.05) is 0 Å². The third-order valence-electron chi connectivity index (χ3n) is 2.16. The van der Waals surface area contributed by atoms with Crippen LogP contribution >= 0.6 is 0 Å². The van der Waals surface area contributed by atoms with Crippen molar-refractivity contribution >= 4 is 5.69 Å². The van der Waals surface area contributed by atoms with Crippen molar-refractivity contribution in [2.45, 2.75) is 6.92 Å². The first kappa shape index (κ1) is 10.1. The number of hydrogen-bond donors (Lipinski definition) is 1. The summed E-state index contributed by atoms with van der Waals surface area (Å²) in [7, 11) is 0. The fourth-order valence-corrected chi connectivity index (χ4v) is 1.40. The van der Waals surface area contributed by atoms with E-state index in [0.717, 1.165) is 0 Å². The van der Waals surface area contributed by atoms with Gasteiger partial charge in [0.05, 0.1) is 10.6 Å². The Kier molecular flexibility index (Phi) is 2.28. The Morgan fingerprint density at radius 1 is 1.38 bits per heavy atom. The molecule has 0 saturated carbocycles. The van der Waals surface area contributed by atoms with Crippen molar-refractivity contribution < 1.29 is 4.92 Å². The van der Waals surface area contributed by atoms with Gasteiger partial charge in [0.15, 0.2) is 0 Å². The van der Waals surface area contributed by atoms with Crippen LogP contribution in [-0.2, 0) is 0 Å². The molecule has 0 aliphatic rings. The third-order valence-corrected chi connectivity index (χ3v) is 2.16. The maximum atomic E-state index is 11.4. The molecule has 0 atom stereocenters. The Balaban J connectivity index is 2.50. The predicted molar refractivity (Wildman–Crippen MR) is 55.6 cm³/mol. The van der Waals surface area contributed by atoms with Crippen LogP contribution in [0.5, 0.6) is 0 Å². The quantitative estimate of drug-likeness (QED) is 0.597. The zero-order chi connectivity index (χ0) is 11.7. The number of nitro benzene ring substituents is 1. The highest BCUT2D eigenvalue weighted by molar-refractivity contribution is 5.41. The zero-order valence-corrected chi connectivity index (χ0v) is 8.38. The SMILES string of the molecule is Cc1n[nH]c(=O)n1-c1ccc([N+](=O)[O-])cc1. The second-order valence-corrected chi connectivity index (χ2v) is 3.18. The van der Waals surface area contributed by atoms with E-state index in [-0.39, 0.29) is 11.4 Å². The number of hydrogen-bond acceptors (Lipinski definition) is 4. The number of nitrogens with zero attached hydrogens (tertiary/aromatic N) is 3. The molecule has 0 amide bonds. The number of aromatic nitrogens is 3. The summed E-state index contributed by atoms with van der Waals surface area (Å²) >= 11 is 0. The monoisotopic (exact) mass is 220 g/mol. The van der Waals surface area contributed by atoms with Gasteiger partial charge in [0.1, 0.15) is 5.82 Å². The van der Waals surface area contributed by atoms with Gasteiger partial charge in [-0.05, 0) is 19.1 Å². The highest BCUT2D eigenvalue weighted by atomic mass is 16.6. The molecule has 0 aliphatic heterocycles. The van der Waals surface area contributed by atoms with Gasteiger partial charge in [-0.3, -0.25) is 10.1 Å². The Labute approximate surface area is 89.5 Å². The molecule has 0 unspecified atom stereocenters. The van der Waals surface area contributed by atoms with E-state index in [1.807, 2.05) is 0 Å². The number of aromatic amines is 1. The molecule has 0 saturated heterocycles. The molecule has 16 heavy (non-hydrogen) atoms. The Bertz CT molecular complexity index is 582. The highest BCUT2D eigenvalue weighted by Gasteiger charge is 2.08. The Morgan fingerprint density at radius 2 is 2.00 bits per heavy atom. The molecular formula is C9H8N4O3. The lowest BCUT2D eigenvalue weighted by atomic mass is 10.3. The smallest absolute Gasteiger partial charge is 0.258 e. The molecule has 7 heteroatoms. The Hall–Kier alpha value is -2.44. The number of nitro groups is 1. The lowest BCUT2D eigenvalue weighted by molar-refractivity contribution is -0.384. The summed E-state index contributed by atoms with van der Waals surface area (Å²) in [6, 6.07) is 5.69. The Morgan fingerprint density at radius 3 is 2.44 bits per heavy atom. The average molecular weight is 220 g/mol. The van der Waals surface area contributed by atoms with Crippen molar-refractivity contribution in [2.24, 2.45) is 0 Å². The van der Waals surface area contributed by atoms with Crippen LogP contribution in [0.3, 0.4) is 0 Å². The molecule has 82 valence electrons. The molecule has 1 aromatic heterocycles. The maximum absolute atomic E-state index is 11.4. The highest BCUT2D eigenvalue weighted by Crippen LogP contribution is 2.14. The molecule has 7 nitrogen and oxygen atoms in total. The lowest BCUT2D eigenvalue weighted by Crippen LogP contribution is -2.15. The van der Waals surface area contributed by atoms with E-state index in [1.54, 1.807) is 6.92 Å². The molecule has 0 aliphatic carbocycles. The van der Waals surface area contributed by atoms with Crippen LogP contribution < -0.4 is 5.69 Å². The van der Waals surface area contributed by atoms with Crippen LogP contribution in [0.15, 0.2) is 29.1 Å². The predicted octanol–water partition coefficient (Wildman–Crippen LogP) is 0.777. The second kappa shape index (κ2) is 3.61. The molecule has 0 bridgehead atoms. The minimum atomic E-state index is -0.491. The van der Waals surface area contributed by atoms with E-state index in [0.29, 0.717) is 11.5 Å². The van der Waals surface area contributed by atoms with Crippen LogP contribution in [0.2, 0.25) is 0 Å². The van der Waals surface area contributed by atoms with E-state index in [9.17, 15) is 14.9 Å². The summed E-state index contributed by atoms with van der Waals surface area (Å²) in [6.07, 6.45) is 0. The van der Waals surface area contributed by atoms with Gasteiger partial charge in [-0.15, -0.1) is 0 Å². The lowest BCUT2D eigenvalue weighted by Gasteiger charge is -2.01. The van der Waals surface area contributed by atoms with Gasteiger partial charge in [-0.25, -0.2) is 14.5 Å². The summed E-state index contributed by atoms with van der Waals surface area (Å²) in [5, 5.41) is 16.5. The molecule has 1 heterocycles. The summed E-state index contributed by atoms with van der Waals surface area (Å²) in [5.74, 6) is 0.499. The van der Waals surface area contributed by atoms with Crippen molar-refractivity contribution in [3.8, 4) is 5.69 Å². The van der Waals surface area contributed by atoms with Crippen LogP contribution in [0.1, 0.15) is 5.82 Å². The molecule has 0 fully saturated rings. The summed E-state index contributed by atoms with van der Waals surface area (Å²) in [6.45, 7) is 1.67. The van der Waals surface area contributed by atoms with Crippen molar-refractivity contribution in [2.75, 3.05) is 0 Å². The van der Waals surface area contributed by atoms with Gasteiger partial charge in [0.2, 0.25) is 0 Å². The van der Waals surface area contributed by atoms with Crippen molar-refractivity contribution in [3.63, 3.8) is 0 Å². The van der Waals surface area contributed by atoms with E-state index in [1.165, 1.54) is 28.8 Å². The van der Waals surface area contributed by atoms with Gasteiger partial charge in [0, 0.05) is 12.1 Å². The molecule has 2 aromatic rings. The van der Waals surface area contributed by atoms with Crippen LogP contribution in [0.25, 0.3) is 5.69 Å². The van der Waals surface area contributed by atoms with Crippen LogP contribution in [0, 0.1) is 17.0 Å². The van der Waals surface area contributed by atoms with Crippen molar-refractivity contribution in [1.82, 2.24) is 14.8 Å². The first-order valence-corrected chi connectivity index (χ1v) is 4.48. The van der Waals surface area contributed by atoms with Crippen LogP contribution in [0.4, 0.5) is 5.69 Å². The van der Waals surface area contributed by atoms with Gasteiger partial charge in [0.25, 0.3) is 5.69 Å². The van der Waals surface area contributed by atoms with E-state index in [4.69, 9.17) is 0 Å². The fraction of sp³-hybridized carbons (Fsp3) is 0.111. The standard InChI is InChI=1S/C9H8N4O3/c1-6-10-11-9(14)12(6)7-2-4-8(5-3-7)13(15)16/h2-5H,1H3,(H,11,14). The molecule has 2 rings (SSSR count). The third kappa shape index (κ3) is 1.58. The molecule has 0 radical (unpaired) electrons. The molecular weight excluding hydrogens is 212 g/mol. The largest absolute Gasteiger partial charge is 0.347 e. The number of nitrogens with one attached hydrogen (secondary N) is 1. The second-order valence-electron chi connectivity index (χ2n) is 3.18. The minimum absolute atomic E-state index is 0.0158. The number of rotatable bonds is 2. The average Bonchev–Trinajstić information content (AvgIpc) is 2.59. The van der Waals surface area contributed by atoms with Crippen molar-refractivity contribution in [3.05, 3.63) is 50.7 Å².